The first-order valence-electron chi connectivity index (χ1n) is 7.40. The number of likely N-dealkylation sites (tertiary alicyclic amines) is 1. The molecule has 2 heterocycles. The highest BCUT2D eigenvalue weighted by atomic mass is 32.2. The summed E-state index contributed by atoms with van der Waals surface area (Å²) in [6.45, 7) is 2.07. The summed E-state index contributed by atoms with van der Waals surface area (Å²) in [6.07, 6.45) is 3.65. The van der Waals surface area contributed by atoms with Gasteiger partial charge in [-0.1, -0.05) is 24.6 Å². The zero-order chi connectivity index (χ0) is 14.0. The van der Waals surface area contributed by atoms with Crippen LogP contribution in [0.1, 0.15) is 19.3 Å². The quantitative estimate of drug-likeness (QED) is 0.923. The number of piperidine rings is 1. The lowest BCUT2D eigenvalue weighted by Crippen LogP contribution is -2.48. The van der Waals surface area contributed by atoms with Crippen LogP contribution in [-0.4, -0.2) is 50.0 Å². The van der Waals surface area contributed by atoms with Crippen LogP contribution in [0.5, 0.6) is 0 Å². The van der Waals surface area contributed by atoms with Crippen molar-refractivity contribution in [2.75, 3.05) is 29.9 Å². The molecule has 0 amide bonds. The lowest BCUT2D eigenvalue weighted by Gasteiger charge is -2.35. The van der Waals surface area contributed by atoms with Crippen LogP contribution in [-0.2, 0) is 9.84 Å². The highest BCUT2D eigenvalue weighted by molar-refractivity contribution is 7.91. The summed E-state index contributed by atoms with van der Waals surface area (Å²) >= 11 is 0. The van der Waals surface area contributed by atoms with Crippen molar-refractivity contribution in [2.45, 2.75) is 31.3 Å². The van der Waals surface area contributed by atoms with Crippen LogP contribution in [0.4, 0.5) is 5.69 Å². The van der Waals surface area contributed by atoms with Crippen LogP contribution in [0, 0.1) is 0 Å². The van der Waals surface area contributed by atoms with Gasteiger partial charge in [0.1, 0.15) is 0 Å². The molecule has 2 aliphatic heterocycles. The number of hydrogen-bond donors (Lipinski definition) is 1. The van der Waals surface area contributed by atoms with E-state index >= 15 is 0 Å². The molecule has 2 fully saturated rings. The molecule has 0 bridgehead atoms. The number of sulfone groups is 1. The van der Waals surface area contributed by atoms with Crippen LogP contribution in [0.25, 0.3) is 0 Å². The van der Waals surface area contributed by atoms with Gasteiger partial charge in [0.25, 0.3) is 0 Å². The van der Waals surface area contributed by atoms with Gasteiger partial charge in [-0.3, -0.25) is 4.90 Å². The summed E-state index contributed by atoms with van der Waals surface area (Å²) in [5.41, 5.74) is 1.01. The molecular formula is C15H22N2O2S. The monoisotopic (exact) mass is 294 g/mol. The highest BCUT2D eigenvalue weighted by Gasteiger charge is 2.41. The summed E-state index contributed by atoms with van der Waals surface area (Å²) in [4.78, 5) is 2.37. The fourth-order valence-electron chi connectivity index (χ4n) is 3.33. The van der Waals surface area contributed by atoms with Gasteiger partial charge in [-0.25, -0.2) is 8.42 Å². The number of para-hydroxylation sites is 1. The summed E-state index contributed by atoms with van der Waals surface area (Å²) in [5, 5.41) is 3.42. The minimum atomic E-state index is -2.92. The van der Waals surface area contributed by atoms with Gasteiger partial charge in [0, 0.05) is 11.7 Å². The van der Waals surface area contributed by atoms with E-state index in [2.05, 4.69) is 10.2 Å². The maximum atomic E-state index is 12.0. The van der Waals surface area contributed by atoms with E-state index in [0.29, 0.717) is 5.75 Å². The summed E-state index contributed by atoms with van der Waals surface area (Å²) in [5.74, 6) is 0.556. The molecule has 0 radical (unpaired) electrons. The van der Waals surface area contributed by atoms with Crippen molar-refractivity contribution in [2.24, 2.45) is 0 Å². The van der Waals surface area contributed by atoms with Crippen LogP contribution < -0.4 is 5.32 Å². The van der Waals surface area contributed by atoms with E-state index < -0.39 is 9.84 Å². The van der Waals surface area contributed by atoms with E-state index in [1.165, 1.54) is 19.3 Å². The SMILES string of the molecule is O=S1(=O)C[C@@H](N2CCCCC2)[C@H](Nc2ccccc2)C1. The normalized spacial score (nSPS) is 30.2. The molecule has 0 saturated carbocycles. The summed E-state index contributed by atoms with van der Waals surface area (Å²) in [6, 6.07) is 10.1. The second kappa shape index (κ2) is 5.74. The second-order valence-corrected chi connectivity index (χ2v) is 8.01. The Hall–Kier alpha value is -1.07. The number of hydrogen-bond acceptors (Lipinski definition) is 4. The van der Waals surface area contributed by atoms with Gasteiger partial charge in [0.2, 0.25) is 0 Å². The van der Waals surface area contributed by atoms with E-state index in [1.54, 1.807) is 0 Å². The van der Waals surface area contributed by atoms with Gasteiger partial charge >= 0.3 is 0 Å². The Morgan fingerprint density at radius 2 is 1.70 bits per heavy atom. The molecule has 1 N–H and O–H groups in total. The Bertz CT molecular complexity index is 538. The lowest BCUT2D eigenvalue weighted by atomic mass is 10.0. The van der Waals surface area contributed by atoms with Gasteiger partial charge < -0.3 is 5.32 Å². The van der Waals surface area contributed by atoms with Crippen molar-refractivity contribution in [3.05, 3.63) is 30.3 Å². The topological polar surface area (TPSA) is 49.4 Å². The van der Waals surface area contributed by atoms with Crippen molar-refractivity contribution in [1.82, 2.24) is 4.90 Å². The lowest BCUT2D eigenvalue weighted by molar-refractivity contribution is 0.170. The molecule has 0 unspecified atom stereocenters. The van der Waals surface area contributed by atoms with Crippen LogP contribution in [0.3, 0.4) is 0 Å². The number of nitrogens with zero attached hydrogens (tertiary/aromatic N) is 1. The molecular weight excluding hydrogens is 272 g/mol. The maximum absolute atomic E-state index is 12.0. The number of benzene rings is 1. The third kappa shape index (κ3) is 3.15. The van der Waals surface area contributed by atoms with Gasteiger partial charge in [-0.2, -0.15) is 0 Å². The standard InChI is InChI=1S/C15H22N2O2S/c18-20(19)11-14(16-13-7-3-1-4-8-13)15(12-20)17-9-5-2-6-10-17/h1,3-4,7-8,14-16H,2,5-6,9-12H2/t14-,15-/m1/s1. The first kappa shape index (κ1) is 13.9. The third-order valence-corrected chi connectivity index (χ3v) is 6.02. The van der Waals surface area contributed by atoms with Crippen molar-refractivity contribution in [1.29, 1.82) is 0 Å². The molecule has 3 rings (SSSR count). The summed E-state index contributed by atoms with van der Waals surface area (Å²) < 4.78 is 24.0. The Kier molecular flexibility index (Phi) is 3.98. The fourth-order valence-corrected chi connectivity index (χ4v) is 5.28. The molecule has 0 spiro atoms. The zero-order valence-electron chi connectivity index (χ0n) is 11.7. The predicted octanol–water partition coefficient (Wildman–Crippen LogP) is 1.75. The van der Waals surface area contributed by atoms with Gasteiger partial charge in [-0.15, -0.1) is 0 Å². The molecule has 2 aliphatic rings. The molecule has 5 heteroatoms. The largest absolute Gasteiger partial charge is 0.380 e. The average molecular weight is 294 g/mol. The van der Waals surface area contributed by atoms with Crippen molar-refractivity contribution < 1.29 is 8.42 Å². The molecule has 4 nitrogen and oxygen atoms in total. The zero-order valence-corrected chi connectivity index (χ0v) is 12.5. The first-order chi connectivity index (χ1) is 9.64. The molecule has 1 aromatic rings. The summed E-state index contributed by atoms with van der Waals surface area (Å²) in [7, 11) is -2.92. The second-order valence-electron chi connectivity index (χ2n) is 5.86. The molecule has 2 saturated heterocycles. The Labute approximate surface area is 121 Å². The van der Waals surface area contributed by atoms with Gasteiger partial charge in [-0.05, 0) is 38.1 Å². The number of anilines is 1. The van der Waals surface area contributed by atoms with E-state index in [4.69, 9.17) is 0 Å². The van der Waals surface area contributed by atoms with Crippen LogP contribution >= 0.6 is 0 Å². The van der Waals surface area contributed by atoms with E-state index in [-0.39, 0.29) is 17.8 Å². The van der Waals surface area contributed by atoms with Crippen LogP contribution in [0.2, 0.25) is 0 Å². The number of nitrogens with one attached hydrogen (secondary N) is 1. The van der Waals surface area contributed by atoms with E-state index in [9.17, 15) is 8.42 Å². The average Bonchev–Trinajstić information content (AvgIpc) is 2.76. The van der Waals surface area contributed by atoms with Crippen LogP contribution in [0.15, 0.2) is 30.3 Å². The molecule has 1 aromatic carbocycles. The fraction of sp³-hybridized carbons (Fsp3) is 0.600. The molecule has 0 aliphatic carbocycles. The number of rotatable bonds is 3. The van der Waals surface area contributed by atoms with Crippen molar-refractivity contribution in [3.63, 3.8) is 0 Å². The third-order valence-electron chi connectivity index (χ3n) is 4.31. The van der Waals surface area contributed by atoms with Crippen molar-refractivity contribution in [3.8, 4) is 0 Å². The Morgan fingerprint density at radius 1 is 1.00 bits per heavy atom. The predicted molar refractivity (Wildman–Crippen MR) is 81.7 cm³/mol. The maximum Gasteiger partial charge on any atom is 0.153 e. The van der Waals surface area contributed by atoms with E-state index in [1.807, 2.05) is 30.3 Å². The van der Waals surface area contributed by atoms with Gasteiger partial charge in [0.05, 0.1) is 17.5 Å². The highest BCUT2D eigenvalue weighted by Crippen LogP contribution is 2.24. The molecule has 110 valence electrons. The minimum absolute atomic E-state index is 0.0144. The molecule has 20 heavy (non-hydrogen) atoms. The molecule has 0 aromatic heterocycles. The Balaban J connectivity index is 1.76. The minimum Gasteiger partial charge on any atom is -0.380 e. The van der Waals surface area contributed by atoms with Gasteiger partial charge in [0.15, 0.2) is 9.84 Å². The first-order valence-corrected chi connectivity index (χ1v) is 9.22. The van der Waals surface area contributed by atoms with E-state index in [0.717, 1.165) is 18.8 Å². The Morgan fingerprint density at radius 3 is 2.40 bits per heavy atom. The molecule has 2 atom stereocenters. The van der Waals surface area contributed by atoms with Crippen molar-refractivity contribution >= 4 is 15.5 Å². The smallest absolute Gasteiger partial charge is 0.153 e.